The molecule has 2 aromatic heterocycles. The lowest BCUT2D eigenvalue weighted by Crippen LogP contribution is -2.24. The van der Waals surface area contributed by atoms with Gasteiger partial charge >= 0.3 is 0 Å². The van der Waals surface area contributed by atoms with Crippen LogP contribution in [0.4, 0.5) is 0 Å². The van der Waals surface area contributed by atoms with Crippen LogP contribution in [0.2, 0.25) is 0 Å². The van der Waals surface area contributed by atoms with Crippen molar-refractivity contribution in [2.45, 2.75) is 13.0 Å². The third-order valence-electron chi connectivity index (χ3n) is 2.95. The van der Waals surface area contributed by atoms with Gasteiger partial charge in [0.2, 0.25) is 5.91 Å². The highest BCUT2D eigenvalue weighted by Gasteiger charge is 2.10. The van der Waals surface area contributed by atoms with Gasteiger partial charge in [-0.2, -0.15) is 14.0 Å². The highest BCUT2D eigenvalue weighted by molar-refractivity contribution is 7.12. The van der Waals surface area contributed by atoms with E-state index in [1.807, 2.05) is 24.3 Å². The number of carbonyl (C=O) groups excluding carboxylic acids is 1. The van der Waals surface area contributed by atoms with Gasteiger partial charge in [0, 0.05) is 4.88 Å². The van der Waals surface area contributed by atoms with E-state index < -0.39 is 0 Å². The summed E-state index contributed by atoms with van der Waals surface area (Å²) < 4.78 is 8.38. The van der Waals surface area contributed by atoms with E-state index in [0.29, 0.717) is 11.4 Å². The molecule has 0 saturated carbocycles. The van der Waals surface area contributed by atoms with Crippen LogP contribution in [0.15, 0.2) is 30.3 Å². The first-order valence-corrected chi connectivity index (χ1v) is 7.76. The van der Waals surface area contributed by atoms with Crippen molar-refractivity contribution >= 4 is 40.0 Å². The topological polar surface area (TPSA) is 78.7 Å². The Kier molecular flexibility index (Phi) is 3.90. The number of nitriles is 1. The molecule has 1 amide bonds. The number of amides is 1. The molecule has 0 radical (unpaired) electrons. The fourth-order valence-corrected chi connectivity index (χ4v) is 3.27. The zero-order valence-electron chi connectivity index (χ0n) is 10.9. The van der Waals surface area contributed by atoms with Crippen LogP contribution in [0.5, 0.6) is 0 Å². The second-order valence-electron chi connectivity index (χ2n) is 4.38. The monoisotopic (exact) mass is 314 g/mol. The van der Waals surface area contributed by atoms with E-state index in [9.17, 15) is 4.79 Å². The Bertz CT molecular complexity index is 831. The average Bonchev–Trinajstić information content (AvgIpc) is 3.14. The lowest BCUT2D eigenvalue weighted by molar-refractivity contribution is -0.120. The number of fused-ring (bicyclic) bond motifs is 1. The Labute approximate surface area is 129 Å². The van der Waals surface area contributed by atoms with Gasteiger partial charge in [0.05, 0.1) is 24.7 Å². The van der Waals surface area contributed by atoms with Gasteiger partial charge in [0.15, 0.2) is 0 Å². The zero-order chi connectivity index (χ0) is 14.7. The van der Waals surface area contributed by atoms with E-state index >= 15 is 0 Å². The summed E-state index contributed by atoms with van der Waals surface area (Å²) in [6.45, 7) is 0.441. The molecule has 0 saturated heterocycles. The fraction of sp³-hybridized carbons (Fsp3) is 0.143. The van der Waals surface area contributed by atoms with Crippen molar-refractivity contribution in [1.82, 2.24) is 14.1 Å². The summed E-state index contributed by atoms with van der Waals surface area (Å²) >= 11 is 2.54. The van der Waals surface area contributed by atoms with Crippen molar-refractivity contribution in [2.24, 2.45) is 0 Å². The number of carbonyl (C=O) groups is 1. The van der Waals surface area contributed by atoms with Crippen molar-refractivity contribution in [3.8, 4) is 6.07 Å². The molecular weight excluding hydrogens is 304 g/mol. The largest absolute Gasteiger partial charge is 0.351 e. The Morgan fingerprint density at radius 1 is 1.29 bits per heavy atom. The fourth-order valence-electron chi connectivity index (χ4n) is 1.96. The van der Waals surface area contributed by atoms with E-state index in [0.717, 1.165) is 33.2 Å². The summed E-state index contributed by atoms with van der Waals surface area (Å²) in [6.07, 6.45) is 0.277. The van der Waals surface area contributed by atoms with E-state index in [4.69, 9.17) is 5.26 Å². The Balaban J connectivity index is 1.64. The number of nitrogens with one attached hydrogen (secondary N) is 1. The molecule has 0 spiro atoms. The van der Waals surface area contributed by atoms with Gasteiger partial charge in [0.1, 0.15) is 22.0 Å². The molecule has 7 heteroatoms. The third-order valence-corrected chi connectivity index (χ3v) is 4.48. The van der Waals surface area contributed by atoms with Crippen molar-refractivity contribution in [3.63, 3.8) is 0 Å². The molecule has 0 atom stereocenters. The summed E-state index contributed by atoms with van der Waals surface area (Å²) in [7, 11) is 0. The molecule has 1 aromatic carbocycles. The predicted octanol–water partition coefficient (Wildman–Crippen LogP) is 2.48. The maximum atomic E-state index is 12.0. The molecule has 21 heavy (non-hydrogen) atoms. The van der Waals surface area contributed by atoms with Gasteiger partial charge in [-0.25, -0.2) is 0 Å². The molecule has 3 rings (SSSR count). The number of thiophene rings is 1. The zero-order valence-corrected chi connectivity index (χ0v) is 12.5. The number of hydrogen-bond donors (Lipinski definition) is 1. The van der Waals surface area contributed by atoms with Crippen LogP contribution in [0.1, 0.15) is 15.3 Å². The van der Waals surface area contributed by atoms with Crippen LogP contribution in [-0.2, 0) is 17.8 Å². The highest BCUT2D eigenvalue weighted by atomic mass is 32.1. The van der Waals surface area contributed by atoms with Crippen molar-refractivity contribution < 1.29 is 4.79 Å². The Morgan fingerprint density at radius 3 is 3.00 bits per heavy atom. The minimum atomic E-state index is -0.0672. The molecule has 0 aliphatic rings. The predicted molar refractivity (Wildman–Crippen MR) is 82.0 cm³/mol. The van der Waals surface area contributed by atoms with E-state index in [1.165, 1.54) is 11.3 Å². The van der Waals surface area contributed by atoms with Gasteiger partial charge < -0.3 is 5.32 Å². The van der Waals surface area contributed by atoms with Crippen LogP contribution in [0.3, 0.4) is 0 Å². The van der Waals surface area contributed by atoms with E-state index in [1.54, 1.807) is 6.07 Å². The Morgan fingerprint density at radius 2 is 2.19 bits per heavy atom. The van der Waals surface area contributed by atoms with Crippen LogP contribution in [-0.4, -0.2) is 14.7 Å². The first kappa shape index (κ1) is 13.7. The Hall–Kier alpha value is -2.30. The highest BCUT2D eigenvalue weighted by Crippen LogP contribution is 2.17. The number of nitrogens with zero attached hydrogens (tertiary/aromatic N) is 3. The van der Waals surface area contributed by atoms with E-state index in [2.05, 4.69) is 20.1 Å². The van der Waals surface area contributed by atoms with E-state index in [-0.39, 0.29) is 12.3 Å². The third kappa shape index (κ3) is 3.07. The molecule has 0 unspecified atom stereocenters. The molecular formula is C14H10N4OS2. The lowest BCUT2D eigenvalue weighted by atomic mass is 10.1. The summed E-state index contributed by atoms with van der Waals surface area (Å²) in [5.41, 5.74) is 2.49. The summed E-state index contributed by atoms with van der Waals surface area (Å²) in [5.74, 6) is -0.0672. The van der Waals surface area contributed by atoms with Crippen LogP contribution in [0, 0.1) is 11.3 Å². The maximum Gasteiger partial charge on any atom is 0.224 e. The average molecular weight is 314 g/mol. The first-order chi connectivity index (χ1) is 10.3. The lowest BCUT2D eigenvalue weighted by Gasteiger charge is -2.04. The first-order valence-electron chi connectivity index (χ1n) is 6.22. The van der Waals surface area contributed by atoms with Crippen LogP contribution in [0.25, 0.3) is 11.0 Å². The number of rotatable bonds is 4. The van der Waals surface area contributed by atoms with Crippen LogP contribution >= 0.6 is 23.1 Å². The summed E-state index contributed by atoms with van der Waals surface area (Å²) in [5, 5.41) is 11.6. The molecule has 0 bridgehead atoms. The standard InChI is InChI=1S/C14H10N4OS2/c15-7-10-4-5-11(20-10)8-16-13(19)6-9-2-1-3-12-14(9)18-21-17-12/h1-5H,6,8H2,(H,16,19). The molecule has 0 aliphatic carbocycles. The van der Waals surface area contributed by atoms with Gasteiger partial charge in [0.25, 0.3) is 0 Å². The summed E-state index contributed by atoms with van der Waals surface area (Å²) in [4.78, 5) is 13.6. The molecule has 0 fully saturated rings. The minimum absolute atomic E-state index is 0.0672. The van der Waals surface area contributed by atoms with Crippen molar-refractivity contribution in [3.05, 3.63) is 45.6 Å². The maximum absolute atomic E-state index is 12.0. The molecule has 3 aromatic rings. The van der Waals surface area contributed by atoms with Gasteiger partial charge in [-0.05, 0) is 23.8 Å². The molecule has 2 heterocycles. The quantitative estimate of drug-likeness (QED) is 0.802. The smallest absolute Gasteiger partial charge is 0.224 e. The molecule has 5 nitrogen and oxygen atoms in total. The normalized spacial score (nSPS) is 10.4. The van der Waals surface area contributed by atoms with Crippen LogP contribution < -0.4 is 5.32 Å². The van der Waals surface area contributed by atoms with Crippen molar-refractivity contribution in [1.29, 1.82) is 5.26 Å². The number of benzene rings is 1. The number of aromatic nitrogens is 2. The number of hydrogen-bond acceptors (Lipinski definition) is 6. The second kappa shape index (κ2) is 5.99. The molecule has 104 valence electrons. The minimum Gasteiger partial charge on any atom is -0.351 e. The van der Waals surface area contributed by atoms with Gasteiger partial charge in [-0.1, -0.05) is 12.1 Å². The second-order valence-corrected chi connectivity index (χ2v) is 6.08. The van der Waals surface area contributed by atoms with Gasteiger partial charge in [-0.15, -0.1) is 11.3 Å². The summed E-state index contributed by atoms with van der Waals surface area (Å²) in [6, 6.07) is 11.4. The van der Waals surface area contributed by atoms with Crippen molar-refractivity contribution in [2.75, 3.05) is 0 Å². The molecule has 1 N–H and O–H groups in total. The SMILES string of the molecule is N#Cc1ccc(CNC(=O)Cc2cccc3nsnc23)s1. The van der Waals surface area contributed by atoms with Gasteiger partial charge in [-0.3, -0.25) is 4.79 Å². The molecule has 0 aliphatic heterocycles.